The van der Waals surface area contributed by atoms with Gasteiger partial charge in [-0.3, -0.25) is 0 Å². The third kappa shape index (κ3) is 2.02. The maximum Gasteiger partial charge on any atom is 0.183 e. The van der Waals surface area contributed by atoms with E-state index < -0.39 is 0 Å². The fourth-order valence-electron chi connectivity index (χ4n) is 1.56. The molecule has 0 saturated carbocycles. The second-order valence-electron chi connectivity index (χ2n) is 4.02. The third-order valence-electron chi connectivity index (χ3n) is 2.26. The van der Waals surface area contributed by atoms with Crippen LogP contribution in [0.5, 0.6) is 0 Å². The number of hydrogen-bond acceptors (Lipinski definition) is 3. The Labute approximate surface area is 83.4 Å². The maximum atomic E-state index is 4.57. The van der Waals surface area contributed by atoms with Gasteiger partial charge in [0.15, 0.2) is 5.13 Å². The van der Waals surface area contributed by atoms with Crippen LogP contribution in [0.25, 0.3) is 0 Å². The molecule has 0 unspecified atom stereocenters. The van der Waals surface area contributed by atoms with Gasteiger partial charge in [0.1, 0.15) is 0 Å². The lowest BCUT2D eigenvalue weighted by molar-refractivity contribution is 0.688. The molecule has 72 valence electrons. The lowest BCUT2D eigenvalue weighted by Gasteiger charge is -2.04. The molecule has 2 rings (SSSR count). The van der Waals surface area contributed by atoms with Crippen molar-refractivity contribution in [1.29, 1.82) is 0 Å². The highest BCUT2D eigenvalue weighted by atomic mass is 32.1. The molecule has 1 N–H and O–H groups in total. The van der Waals surface area contributed by atoms with Gasteiger partial charge in [-0.1, -0.05) is 13.8 Å². The molecule has 0 amide bonds. The largest absolute Gasteiger partial charge is 0.361 e. The van der Waals surface area contributed by atoms with E-state index in [1.54, 1.807) is 0 Å². The van der Waals surface area contributed by atoms with Gasteiger partial charge >= 0.3 is 0 Å². The topological polar surface area (TPSA) is 24.9 Å². The van der Waals surface area contributed by atoms with Gasteiger partial charge in [0.05, 0.1) is 5.69 Å². The molecule has 0 spiro atoms. The molecule has 13 heavy (non-hydrogen) atoms. The van der Waals surface area contributed by atoms with Crippen molar-refractivity contribution >= 4 is 16.5 Å². The van der Waals surface area contributed by atoms with Crippen molar-refractivity contribution in [2.75, 3.05) is 11.9 Å². The molecule has 3 heteroatoms. The summed E-state index contributed by atoms with van der Waals surface area (Å²) in [5.74, 6) is 0.693. The summed E-state index contributed by atoms with van der Waals surface area (Å²) < 4.78 is 0. The Morgan fingerprint density at radius 1 is 1.46 bits per heavy atom. The van der Waals surface area contributed by atoms with Gasteiger partial charge in [0, 0.05) is 11.4 Å². The van der Waals surface area contributed by atoms with Crippen molar-refractivity contribution in [2.45, 2.75) is 33.1 Å². The second-order valence-corrected chi connectivity index (χ2v) is 5.10. The predicted octanol–water partition coefficient (Wildman–Crippen LogP) is 2.70. The zero-order valence-corrected chi connectivity index (χ0v) is 9.08. The summed E-state index contributed by atoms with van der Waals surface area (Å²) in [4.78, 5) is 6.08. The van der Waals surface area contributed by atoms with Crippen LogP contribution >= 0.6 is 11.3 Å². The van der Waals surface area contributed by atoms with E-state index in [0.717, 1.165) is 11.7 Å². The standard InChI is InChI=1S/C10H16N2S/c1-7(2)6-11-10-12-8-4-3-5-9(8)13-10/h7H,3-6H2,1-2H3,(H,11,12). The van der Waals surface area contributed by atoms with Crippen LogP contribution in [0.2, 0.25) is 0 Å². The number of nitrogens with zero attached hydrogens (tertiary/aromatic N) is 1. The molecule has 0 bridgehead atoms. The first kappa shape index (κ1) is 9.00. The minimum atomic E-state index is 0.693. The summed E-state index contributed by atoms with van der Waals surface area (Å²) in [6.07, 6.45) is 3.74. The van der Waals surface area contributed by atoms with Gasteiger partial charge in [0.25, 0.3) is 0 Å². The maximum absolute atomic E-state index is 4.57. The van der Waals surface area contributed by atoms with Gasteiger partial charge in [-0.15, -0.1) is 11.3 Å². The Kier molecular flexibility index (Phi) is 2.54. The normalized spacial score (nSPS) is 15.0. The Balaban J connectivity index is 1.98. The summed E-state index contributed by atoms with van der Waals surface area (Å²) in [6, 6.07) is 0. The van der Waals surface area contributed by atoms with Crippen LogP contribution in [0.1, 0.15) is 30.8 Å². The molecule has 0 radical (unpaired) electrons. The lowest BCUT2D eigenvalue weighted by Crippen LogP contribution is -2.07. The fraction of sp³-hybridized carbons (Fsp3) is 0.700. The number of nitrogens with one attached hydrogen (secondary N) is 1. The molecular formula is C10H16N2S. The summed E-state index contributed by atoms with van der Waals surface area (Å²) in [5, 5.41) is 4.50. The summed E-state index contributed by atoms with van der Waals surface area (Å²) in [5.41, 5.74) is 1.34. The smallest absolute Gasteiger partial charge is 0.183 e. The number of thiazole rings is 1. The van der Waals surface area contributed by atoms with Crippen molar-refractivity contribution in [2.24, 2.45) is 5.92 Å². The molecule has 0 fully saturated rings. The minimum Gasteiger partial charge on any atom is -0.361 e. The molecule has 0 aliphatic heterocycles. The highest BCUT2D eigenvalue weighted by molar-refractivity contribution is 7.15. The number of aromatic nitrogens is 1. The quantitative estimate of drug-likeness (QED) is 0.804. The number of fused-ring (bicyclic) bond motifs is 1. The molecular weight excluding hydrogens is 180 g/mol. The van der Waals surface area contributed by atoms with E-state index in [0.29, 0.717) is 5.92 Å². The molecule has 0 saturated heterocycles. The SMILES string of the molecule is CC(C)CNc1nc2c(s1)CCC2. The molecule has 0 atom stereocenters. The van der Waals surface area contributed by atoms with Crippen molar-refractivity contribution in [3.05, 3.63) is 10.6 Å². The van der Waals surface area contributed by atoms with E-state index in [-0.39, 0.29) is 0 Å². The Morgan fingerprint density at radius 2 is 2.31 bits per heavy atom. The molecule has 1 aromatic rings. The lowest BCUT2D eigenvalue weighted by atomic mass is 10.2. The third-order valence-corrected chi connectivity index (χ3v) is 3.37. The van der Waals surface area contributed by atoms with Gasteiger partial charge in [0.2, 0.25) is 0 Å². The Hall–Kier alpha value is -0.570. The average molecular weight is 196 g/mol. The van der Waals surface area contributed by atoms with Crippen LogP contribution in [0.4, 0.5) is 5.13 Å². The highest BCUT2D eigenvalue weighted by Crippen LogP contribution is 2.30. The first-order chi connectivity index (χ1) is 6.25. The molecule has 1 aromatic heterocycles. The van der Waals surface area contributed by atoms with Crippen molar-refractivity contribution in [3.8, 4) is 0 Å². The van der Waals surface area contributed by atoms with Gasteiger partial charge in [-0.05, 0) is 25.2 Å². The van der Waals surface area contributed by atoms with Gasteiger partial charge in [-0.25, -0.2) is 4.98 Å². The Bertz CT molecular complexity index is 270. The van der Waals surface area contributed by atoms with E-state index in [1.807, 2.05) is 11.3 Å². The fourth-order valence-corrected chi connectivity index (χ4v) is 2.61. The summed E-state index contributed by atoms with van der Waals surface area (Å²) >= 11 is 1.84. The Morgan fingerprint density at radius 3 is 3.00 bits per heavy atom. The zero-order valence-electron chi connectivity index (χ0n) is 8.26. The minimum absolute atomic E-state index is 0.693. The molecule has 2 nitrogen and oxygen atoms in total. The first-order valence-electron chi connectivity index (χ1n) is 4.98. The predicted molar refractivity (Wildman–Crippen MR) is 57.5 cm³/mol. The number of rotatable bonds is 3. The highest BCUT2D eigenvalue weighted by Gasteiger charge is 2.16. The van der Waals surface area contributed by atoms with E-state index >= 15 is 0 Å². The monoisotopic (exact) mass is 196 g/mol. The van der Waals surface area contributed by atoms with Crippen molar-refractivity contribution in [3.63, 3.8) is 0 Å². The van der Waals surface area contributed by atoms with Crippen molar-refractivity contribution in [1.82, 2.24) is 4.98 Å². The average Bonchev–Trinajstić information content (AvgIpc) is 2.58. The first-order valence-corrected chi connectivity index (χ1v) is 5.80. The van der Waals surface area contributed by atoms with E-state index in [2.05, 4.69) is 24.1 Å². The van der Waals surface area contributed by atoms with Crippen LogP contribution in [0.15, 0.2) is 0 Å². The van der Waals surface area contributed by atoms with Gasteiger partial charge in [-0.2, -0.15) is 0 Å². The number of anilines is 1. The van der Waals surface area contributed by atoms with Crippen LogP contribution in [-0.4, -0.2) is 11.5 Å². The number of aryl methyl sites for hydroxylation is 2. The van der Waals surface area contributed by atoms with E-state index in [4.69, 9.17) is 0 Å². The van der Waals surface area contributed by atoms with Crippen molar-refractivity contribution < 1.29 is 0 Å². The van der Waals surface area contributed by atoms with Gasteiger partial charge < -0.3 is 5.32 Å². The molecule has 1 aliphatic rings. The molecule has 1 heterocycles. The van der Waals surface area contributed by atoms with Crippen LogP contribution in [0.3, 0.4) is 0 Å². The molecule has 1 aliphatic carbocycles. The van der Waals surface area contributed by atoms with Crippen LogP contribution in [0, 0.1) is 5.92 Å². The number of hydrogen-bond donors (Lipinski definition) is 1. The second kappa shape index (κ2) is 3.66. The van der Waals surface area contributed by atoms with E-state index in [1.165, 1.54) is 29.8 Å². The summed E-state index contributed by atoms with van der Waals surface area (Å²) in [7, 11) is 0. The van der Waals surface area contributed by atoms with E-state index in [9.17, 15) is 0 Å². The molecule has 0 aromatic carbocycles. The zero-order chi connectivity index (χ0) is 9.26. The van der Waals surface area contributed by atoms with Crippen LogP contribution < -0.4 is 5.32 Å². The summed E-state index contributed by atoms with van der Waals surface area (Å²) in [6.45, 7) is 5.47. The van der Waals surface area contributed by atoms with Crippen LogP contribution in [-0.2, 0) is 12.8 Å².